The summed E-state index contributed by atoms with van der Waals surface area (Å²) in [6.07, 6.45) is 2.01. The molecule has 14 N–H and O–H groups in total. The van der Waals surface area contributed by atoms with Gasteiger partial charge in [-0.2, -0.15) is 0 Å². The molecule has 610 valence electrons. The van der Waals surface area contributed by atoms with Gasteiger partial charge >= 0.3 is 22.2 Å². The smallest absolute Gasteiger partial charge is 0.325 e. The van der Waals surface area contributed by atoms with Gasteiger partial charge in [-0.05, 0) is 74.3 Å². The first-order chi connectivity index (χ1) is 53.1. The fourth-order valence-corrected chi connectivity index (χ4v) is 10.8. The van der Waals surface area contributed by atoms with Crippen molar-refractivity contribution >= 4 is 47.3 Å². The van der Waals surface area contributed by atoms with E-state index in [4.69, 9.17) is 48.4 Å². The molecule has 110 heavy (non-hydrogen) atoms. The Hall–Kier alpha value is -10.4. The average molecular weight is 1560 g/mol. The molecular formula is C68H103N17O25. The van der Waals surface area contributed by atoms with E-state index in [2.05, 4.69) is 42.5 Å². The van der Waals surface area contributed by atoms with E-state index in [9.17, 15) is 78.4 Å². The van der Waals surface area contributed by atoms with Crippen LogP contribution in [-0.2, 0) is 42.9 Å². The van der Waals surface area contributed by atoms with Gasteiger partial charge in [0.05, 0.1) is 52.9 Å². The first-order valence-corrected chi connectivity index (χ1v) is 36.1. The second-order valence-corrected chi connectivity index (χ2v) is 24.8. The minimum atomic E-state index is -1.18. The Kier molecular flexibility index (Phi) is 39.3. The predicted molar refractivity (Wildman–Crippen MR) is 388 cm³/mol. The number of methoxy groups -OCH3 is 1. The lowest BCUT2D eigenvalue weighted by Crippen LogP contribution is -2.49. The van der Waals surface area contributed by atoms with Gasteiger partial charge in [-0.1, -0.05) is 13.3 Å². The minimum Gasteiger partial charge on any atom is -0.478 e. The molecule has 12 rings (SSSR count). The largest absolute Gasteiger partial charge is 0.478 e. The van der Waals surface area contributed by atoms with Crippen molar-refractivity contribution in [2.24, 2.45) is 5.73 Å². The molecule has 42 heteroatoms. The number of nitrogens with zero attached hydrogens (tertiary/aromatic N) is 8. The van der Waals surface area contributed by atoms with Crippen LogP contribution in [0.25, 0.3) is 0 Å². The molecule has 8 bridgehead atoms. The van der Waals surface area contributed by atoms with Crippen LogP contribution in [0.4, 0.5) is 0 Å². The van der Waals surface area contributed by atoms with Crippen LogP contribution in [0.3, 0.4) is 0 Å². The molecule has 8 aliphatic rings. The number of ether oxygens (including phenoxy) is 9. The first kappa shape index (κ1) is 88.5. The Balaban J connectivity index is 1.23. The van der Waals surface area contributed by atoms with Crippen molar-refractivity contribution in [1.82, 2.24) is 81.1 Å². The van der Waals surface area contributed by atoms with Crippen molar-refractivity contribution in [1.29, 1.82) is 0 Å². The lowest BCUT2D eigenvalue weighted by atomic mass is 10.1. The molecular weight excluding hydrogens is 1450 g/mol. The lowest BCUT2D eigenvalue weighted by Gasteiger charge is -2.31. The Morgan fingerprint density at radius 3 is 1.03 bits per heavy atom. The molecule has 0 radical (unpaired) electrons. The van der Waals surface area contributed by atoms with Crippen LogP contribution in [0.2, 0.25) is 0 Å². The van der Waals surface area contributed by atoms with Crippen LogP contribution in [-0.4, -0.2) is 337 Å². The number of nitrogens with one attached hydrogen (secondary N) is 8. The van der Waals surface area contributed by atoms with Crippen molar-refractivity contribution in [2.75, 3.05) is 224 Å². The molecule has 42 nitrogen and oxygen atoms in total. The van der Waals surface area contributed by atoms with Gasteiger partial charge in [-0.3, -0.25) is 77.1 Å². The van der Waals surface area contributed by atoms with Gasteiger partial charge in [0.1, 0.15) is 22.8 Å². The van der Waals surface area contributed by atoms with Gasteiger partial charge in [0.25, 0.3) is 47.3 Å². The zero-order valence-electron chi connectivity index (χ0n) is 61.9. The zero-order valence-corrected chi connectivity index (χ0v) is 61.9. The van der Waals surface area contributed by atoms with E-state index in [1.165, 1.54) is 0 Å². The molecule has 8 aliphatic heterocycles. The van der Waals surface area contributed by atoms with Crippen molar-refractivity contribution in [3.05, 3.63) is 113 Å². The molecule has 8 amide bonds. The summed E-state index contributed by atoms with van der Waals surface area (Å²) in [6, 6.07) is 7.94. The summed E-state index contributed by atoms with van der Waals surface area (Å²) in [6.45, 7) is 4.10. The van der Waals surface area contributed by atoms with Crippen molar-refractivity contribution in [2.45, 2.75) is 38.6 Å². The number of pyridine rings is 4. The molecule has 0 fully saturated rings. The van der Waals surface area contributed by atoms with E-state index in [0.717, 1.165) is 55.0 Å². The maximum Gasteiger partial charge on any atom is 0.325 e. The number of carbonyl (C=O) groups is 8. The summed E-state index contributed by atoms with van der Waals surface area (Å²) in [7, 11) is 1.55. The normalized spacial score (nSPS) is 17.5. The molecule has 0 spiro atoms. The predicted octanol–water partition coefficient (Wildman–Crippen LogP) is -5.86. The number of aromatic nitrogens is 4. The lowest BCUT2D eigenvalue weighted by molar-refractivity contribution is -0.124. The maximum atomic E-state index is 14.2. The van der Waals surface area contributed by atoms with Crippen LogP contribution < -0.4 is 89.5 Å². The Morgan fingerprint density at radius 1 is 0.382 bits per heavy atom. The highest BCUT2D eigenvalue weighted by atomic mass is 16.6. The third-order valence-electron chi connectivity index (χ3n) is 16.8. The maximum absolute atomic E-state index is 14.2. The van der Waals surface area contributed by atoms with E-state index in [-0.39, 0.29) is 163 Å². The second kappa shape index (κ2) is 48.9. The molecule has 12 heterocycles. The quantitative estimate of drug-likeness (QED) is 0.0230. The first-order valence-electron chi connectivity index (χ1n) is 36.1. The van der Waals surface area contributed by atoms with E-state index < -0.39 is 148 Å². The number of carbonyl (C=O) groups excluding carboxylic acids is 8. The molecule has 1 atom stereocenters. The van der Waals surface area contributed by atoms with Crippen molar-refractivity contribution in [3.63, 3.8) is 0 Å². The van der Waals surface area contributed by atoms with Crippen LogP contribution >= 0.6 is 0 Å². The summed E-state index contributed by atoms with van der Waals surface area (Å²) in [5, 5.41) is 65.6. The Morgan fingerprint density at radius 2 is 0.682 bits per heavy atom. The second-order valence-electron chi connectivity index (χ2n) is 24.8. The van der Waals surface area contributed by atoms with E-state index in [1.807, 2.05) is 16.7 Å². The van der Waals surface area contributed by atoms with Crippen LogP contribution in [0, 0.1) is 0 Å². The summed E-state index contributed by atoms with van der Waals surface area (Å²) >= 11 is 0. The van der Waals surface area contributed by atoms with Crippen LogP contribution in [0.5, 0.6) is 23.0 Å². The topological polar surface area (TPSA) is 524 Å². The van der Waals surface area contributed by atoms with Crippen LogP contribution in [0.15, 0.2) is 67.7 Å². The molecule has 4 aromatic heterocycles. The number of hydrogen-bond donors (Lipinski definition) is 13. The monoisotopic (exact) mass is 1560 g/mol. The van der Waals surface area contributed by atoms with Crippen molar-refractivity contribution in [3.8, 4) is 23.0 Å². The van der Waals surface area contributed by atoms with Crippen molar-refractivity contribution < 1.29 is 102 Å². The number of hydrogen-bond acceptors (Lipinski definition) is 30. The molecule has 0 saturated carbocycles. The molecule has 0 aromatic carbocycles. The van der Waals surface area contributed by atoms with E-state index >= 15 is 0 Å². The summed E-state index contributed by atoms with van der Waals surface area (Å²) in [4.78, 5) is 168. The fraction of sp³-hybridized carbons (Fsp3) is 0.588. The summed E-state index contributed by atoms with van der Waals surface area (Å²) in [5.74, 6) is -8.22. The molecule has 4 aromatic rings. The van der Waals surface area contributed by atoms with E-state index in [1.54, 1.807) is 16.9 Å². The summed E-state index contributed by atoms with van der Waals surface area (Å²) < 4.78 is 49.3. The van der Waals surface area contributed by atoms with Gasteiger partial charge in [0.2, 0.25) is 0 Å². The Labute approximate surface area is 632 Å². The average Bonchev–Trinajstić information content (AvgIpc) is 0.842. The third kappa shape index (κ3) is 30.5. The minimum absolute atomic E-state index is 0.0322. The van der Waals surface area contributed by atoms with Gasteiger partial charge < -0.3 is 112 Å². The van der Waals surface area contributed by atoms with E-state index in [0.29, 0.717) is 65.6 Å². The fourth-order valence-electron chi connectivity index (χ4n) is 10.8. The summed E-state index contributed by atoms with van der Waals surface area (Å²) in [5.41, 5.74) is -0.929. The number of rotatable bonds is 24. The highest BCUT2D eigenvalue weighted by Gasteiger charge is 2.26. The van der Waals surface area contributed by atoms with Gasteiger partial charge in [-0.15, -0.1) is 18.9 Å². The zero-order chi connectivity index (χ0) is 79.6. The van der Waals surface area contributed by atoms with Crippen LogP contribution in [0.1, 0.15) is 74.6 Å². The molecule has 0 aliphatic carbocycles. The highest BCUT2D eigenvalue weighted by Crippen LogP contribution is 2.13. The van der Waals surface area contributed by atoms with Gasteiger partial charge in [-0.25, -0.2) is 0 Å². The highest BCUT2D eigenvalue weighted by molar-refractivity contribution is 5.94. The SMILES string of the molecule is CCCOCCOCCN1CCNC(=O)COc2ccc(n(O)c2=O)C(=O)NCCN(CCN2CCNC(=O)c3ccc(c(=O)n3O)OCC(=O)NCCN(CCOCCOCCOC)CCNC(=O)COc3ccc(n(O)c3=O)C(=O)NC(CCCCN)C2)CCNC(=O)c2ccc(c(=O)n2O)OCC(=O)NCC1. The van der Waals surface area contributed by atoms with Gasteiger partial charge in [0.15, 0.2) is 49.4 Å². The number of unbranched alkanes of at least 4 members (excludes halogenated alkanes) is 1. The Bertz CT molecular complexity index is 3770. The molecule has 0 saturated heterocycles. The third-order valence-corrected chi connectivity index (χ3v) is 16.8. The molecule has 1 unspecified atom stereocenters. The standard InChI is InChI=1S/C68H103N17O25/c1-3-34-103-39-40-104-35-32-79-23-16-70-57(86)44-107-53-11-7-49(82(98)65(53)94)61(90)74-20-27-78(28-21-75-62(91)50-8-12-54(66(95)83(50)99)108-45-58(87)71-17-24-79)30-31-81-29-22-76-63(92)51-9-13-55(67(96)84(51)100)109-46-59(88)72-18-25-80(33-36-105-41-42-106-38-37-102-2)26-19-73-60(89)47-110-56-14-10-52(85(101)68(56)97)64(93)77-48(43-81)6-4-5-15-69/h7-14,48,98-101H,3-6,15-47,69H2,1-2H3,(H,70,86)(H,71,87)(H,72,88)(H,73,89)(H,74,90)(H,75,91)(H,76,92)(H,77,93). The number of nitrogens with two attached hydrogens (primary N) is 1. The van der Waals surface area contributed by atoms with Gasteiger partial charge in [0, 0.05) is 144 Å². The number of amides is 8.